The molecular formula is C27H36FN7O3. The van der Waals surface area contributed by atoms with Crippen LogP contribution >= 0.6 is 0 Å². The quantitative estimate of drug-likeness (QED) is 0.490. The molecule has 0 radical (unpaired) electrons. The van der Waals surface area contributed by atoms with Crippen molar-refractivity contribution in [3.05, 3.63) is 36.4 Å². The standard InChI is InChI=1S/C27H36FN7O3/c1-27(2,3)38-26(36)34-12-6-7-20(18-34)30-22-15-24(37-14-13-33-10-4-5-11-33)32-25(31-22)21-16-29-23-9-8-19(28)17-35(21)23/h8-9,15-17,20H,4-7,10-14,18H2,1-3H3,(H,30,31,32). The Kier molecular flexibility index (Phi) is 7.64. The Morgan fingerprint density at radius 2 is 1.97 bits per heavy atom. The molecule has 0 saturated carbocycles. The number of piperidine rings is 1. The van der Waals surface area contributed by atoms with Gasteiger partial charge in [0.2, 0.25) is 5.88 Å². The maximum atomic E-state index is 14.0. The molecule has 204 valence electrons. The molecule has 10 nitrogen and oxygen atoms in total. The molecule has 2 aliphatic heterocycles. The number of carbonyl (C=O) groups is 1. The molecular weight excluding hydrogens is 489 g/mol. The van der Waals surface area contributed by atoms with Gasteiger partial charge in [-0.15, -0.1) is 0 Å². The van der Waals surface area contributed by atoms with Gasteiger partial charge in [-0.05, 0) is 71.7 Å². The van der Waals surface area contributed by atoms with Crippen LogP contribution in [0.3, 0.4) is 0 Å². The highest BCUT2D eigenvalue weighted by molar-refractivity contribution is 5.68. The summed E-state index contributed by atoms with van der Waals surface area (Å²) in [6.45, 7) is 10.3. The number of imidazole rings is 1. The molecule has 1 unspecified atom stereocenters. The zero-order valence-corrected chi connectivity index (χ0v) is 22.3. The second-order valence-electron chi connectivity index (χ2n) is 10.9. The molecule has 0 aromatic carbocycles. The van der Waals surface area contributed by atoms with E-state index in [1.54, 1.807) is 27.6 Å². The van der Waals surface area contributed by atoms with Gasteiger partial charge >= 0.3 is 6.09 Å². The molecule has 5 rings (SSSR count). The zero-order chi connectivity index (χ0) is 26.7. The van der Waals surface area contributed by atoms with E-state index in [9.17, 15) is 9.18 Å². The van der Waals surface area contributed by atoms with E-state index in [0.717, 1.165) is 32.5 Å². The molecule has 0 bridgehead atoms. The zero-order valence-electron chi connectivity index (χ0n) is 22.3. The monoisotopic (exact) mass is 525 g/mol. The highest BCUT2D eigenvalue weighted by Crippen LogP contribution is 2.25. The number of hydrogen-bond donors (Lipinski definition) is 1. The van der Waals surface area contributed by atoms with E-state index in [2.05, 4.69) is 20.2 Å². The van der Waals surface area contributed by atoms with Gasteiger partial charge in [-0.2, -0.15) is 4.98 Å². The first-order chi connectivity index (χ1) is 18.2. The van der Waals surface area contributed by atoms with Crippen molar-refractivity contribution < 1.29 is 18.7 Å². The smallest absolute Gasteiger partial charge is 0.410 e. The number of amides is 1. The van der Waals surface area contributed by atoms with Crippen molar-refractivity contribution in [1.82, 2.24) is 29.2 Å². The van der Waals surface area contributed by atoms with E-state index in [0.29, 0.717) is 48.6 Å². The molecule has 2 fully saturated rings. The van der Waals surface area contributed by atoms with Gasteiger partial charge in [-0.1, -0.05) is 0 Å². The van der Waals surface area contributed by atoms with Gasteiger partial charge in [-0.3, -0.25) is 9.30 Å². The van der Waals surface area contributed by atoms with E-state index in [-0.39, 0.29) is 18.0 Å². The predicted molar refractivity (Wildman–Crippen MR) is 142 cm³/mol. The predicted octanol–water partition coefficient (Wildman–Crippen LogP) is 4.22. The van der Waals surface area contributed by atoms with E-state index >= 15 is 0 Å². The summed E-state index contributed by atoms with van der Waals surface area (Å²) in [5, 5.41) is 3.47. The fourth-order valence-corrected chi connectivity index (χ4v) is 4.89. The van der Waals surface area contributed by atoms with Crippen LogP contribution in [0.1, 0.15) is 46.5 Å². The summed E-state index contributed by atoms with van der Waals surface area (Å²) in [5.74, 6) is 1.01. The Morgan fingerprint density at radius 1 is 1.16 bits per heavy atom. The van der Waals surface area contributed by atoms with Crippen LogP contribution in [0.15, 0.2) is 30.6 Å². The second kappa shape index (κ2) is 11.1. The number of nitrogens with one attached hydrogen (secondary N) is 1. The van der Waals surface area contributed by atoms with Crippen LogP contribution in [0.4, 0.5) is 15.0 Å². The number of anilines is 1. The SMILES string of the molecule is CC(C)(C)OC(=O)N1CCCC(Nc2cc(OCCN3CCCC3)nc(-c3cnc4ccc(F)cn34)n2)C1. The molecule has 5 heterocycles. The molecule has 0 aliphatic carbocycles. The van der Waals surface area contributed by atoms with Crippen molar-refractivity contribution in [3.8, 4) is 17.4 Å². The normalized spacial score (nSPS) is 18.6. The summed E-state index contributed by atoms with van der Waals surface area (Å²) in [5.41, 5.74) is 0.611. The van der Waals surface area contributed by atoms with Gasteiger partial charge in [0, 0.05) is 37.9 Å². The van der Waals surface area contributed by atoms with Crippen molar-refractivity contribution in [1.29, 1.82) is 0 Å². The third-order valence-corrected chi connectivity index (χ3v) is 6.68. The lowest BCUT2D eigenvalue weighted by molar-refractivity contribution is 0.0206. The number of likely N-dealkylation sites (tertiary alicyclic amines) is 2. The molecule has 0 spiro atoms. The summed E-state index contributed by atoms with van der Waals surface area (Å²) in [6.07, 6.45) is 6.86. The Hall–Kier alpha value is -3.47. The highest BCUT2D eigenvalue weighted by Gasteiger charge is 2.28. The largest absolute Gasteiger partial charge is 0.476 e. The minimum absolute atomic E-state index is 0.0175. The molecule has 1 amide bonds. The van der Waals surface area contributed by atoms with Crippen LogP contribution in [0.2, 0.25) is 0 Å². The maximum absolute atomic E-state index is 14.0. The van der Waals surface area contributed by atoms with Crippen LogP contribution in [0.5, 0.6) is 5.88 Å². The van der Waals surface area contributed by atoms with E-state index in [1.165, 1.54) is 25.1 Å². The van der Waals surface area contributed by atoms with Crippen LogP contribution < -0.4 is 10.1 Å². The van der Waals surface area contributed by atoms with Gasteiger partial charge in [0.05, 0.1) is 6.20 Å². The lowest BCUT2D eigenvalue weighted by atomic mass is 10.1. The third-order valence-electron chi connectivity index (χ3n) is 6.68. The van der Waals surface area contributed by atoms with Crippen LogP contribution in [-0.4, -0.2) is 86.2 Å². The van der Waals surface area contributed by atoms with Crippen LogP contribution in [0, 0.1) is 5.82 Å². The van der Waals surface area contributed by atoms with E-state index in [1.807, 2.05) is 20.8 Å². The maximum Gasteiger partial charge on any atom is 0.410 e. The Bertz CT molecular complexity index is 1270. The second-order valence-corrected chi connectivity index (χ2v) is 10.9. The van der Waals surface area contributed by atoms with Gasteiger partial charge in [0.15, 0.2) is 5.82 Å². The summed E-state index contributed by atoms with van der Waals surface area (Å²) in [7, 11) is 0. The average molecular weight is 526 g/mol. The topological polar surface area (TPSA) is 97.1 Å². The van der Waals surface area contributed by atoms with Crippen LogP contribution in [-0.2, 0) is 4.74 Å². The molecule has 3 aromatic rings. The van der Waals surface area contributed by atoms with Gasteiger partial charge in [0.1, 0.15) is 35.2 Å². The lowest BCUT2D eigenvalue weighted by Gasteiger charge is -2.34. The number of nitrogens with zero attached hydrogens (tertiary/aromatic N) is 6. The number of fused-ring (bicyclic) bond motifs is 1. The number of pyridine rings is 1. The lowest BCUT2D eigenvalue weighted by Crippen LogP contribution is -2.47. The summed E-state index contributed by atoms with van der Waals surface area (Å²) < 4.78 is 27.3. The molecule has 2 aliphatic rings. The number of halogens is 1. The van der Waals surface area contributed by atoms with Crippen molar-refractivity contribution in [2.24, 2.45) is 0 Å². The molecule has 1 atom stereocenters. The van der Waals surface area contributed by atoms with E-state index in [4.69, 9.17) is 14.5 Å². The molecule has 3 aromatic heterocycles. The summed E-state index contributed by atoms with van der Waals surface area (Å²) in [6, 6.07) is 4.75. The Balaban J connectivity index is 1.36. The number of aromatic nitrogens is 4. The first-order valence-corrected chi connectivity index (χ1v) is 13.4. The summed E-state index contributed by atoms with van der Waals surface area (Å²) >= 11 is 0. The first kappa shape index (κ1) is 26.1. The van der Waals surface area contributed by atoms with Gasteiger partial charge < -0.3 is 19.7 Å². The van der Waals surface area contributed by atoms with Gasteiger partial charge in [0.25, 0.3) is 0 Å². The minimum Gasteiger partial charge on any atom is -0.476 e. The number of hydrogen-bond acceptors (Lipinski definition) is 8. The third kappa shape index (κ3) is 6.50. The number of rotatable bonds is 7. The average Bonchev–Trinajstić information content (AvgIpc) is 3.53. The van der Waals surface area contributed by atoms with Crippen molar-refractivity contribution in [3.63, 3.8) is 0 Å². The van der Waals surface area contributed by atoms with Gasteiger partial charge in [-0.25, -0.2) is 19.2 Å². The fourth-order valence-electron chi connectivity index (χ4n) is 4.89. The van der Waals surface area contributed by atoms with Crippen LogP contribution in [0.25, 0.3) is 17.2 Å². The highest BCUT2D eigenvalue weighted by atomic mass is 19.1. The fraction of sp³-hybridized carbons (Fsp3) is 0.556. The summed E-state index contributed by atoms with van der Waals surface area (Å²) in [4.78, 5) is 30.5. The Morgan fingerprint density at radius 3 is 2.76 bits per heavy atom. The molecule has 38 heavy (non-hydrogen) atoms. The molecule has 11 heteroatoms. The first-order valence-electron chi connectivity index (χ1n) is 13.4. The van der Waals surface area contributed by atoms with Crippen molar-refractivity contribution >= 4 is 17.6 Å². The number of ether oxygens (including phenoxy) is 2. The Labute approximate surface area is 222 Å². The molecule has 1 N–H and O–H groups in total. The van der Waals surface area contributed by atoms with Crippen molar-refractivity contribution in [2.75, 3.05) is 44.6 Å². The van der Waals surface area contributed by atoms with Crippen molar-refractivity contribution in [2.45, 2.75) is 58.1 Å². The number of carbonyl (C=O) groups excluding carboxylic acids is 1. The molecule has 2 saturated heterocycles. The van der Waals surface area contributed by atoms with E-state index < -0.39 is 5.60 Å². The minimum atomic E-state index is -0.548.